The van der Waals surface area contributed by atoms with Gasteiger partial charge in [-0.15, -0.1) is 0 Å². The van der Waals surface area contributed by atoms with Gasteiger partial charge < -0.3 is 9.09 Å². The lowest BCUT2D eigenvalue weighted by molar-refractivity contribution is 0.420. The van der Waals surface area contributed by atoms with E-state index in [9.17, 15) is 0 Å². The van der Waals surface area contributed by atoms with Crippen molar-refractivity contribution in [3.8, 4) is 11.1 Å². The van der Waals surface area contributed by atoms with Crippen LogP contribution in [0.4, 0.5) is 0 Å². The Bertz CT molecular complexity index is 897. The predicted octanol–water partition coefficient (Wildman–Crippen LogP) is 3.70. The van der Waals surface area contributed by atoms with Gasteiger partial charge in [-0.3, -0.25) is 9.97 Å². The van der Waals surface area contributed by atoms with Gasteiger partial charge in [-0.05, 0) is 31.2 Å². The molecule has 0 aliphatic rings. The highest BCUT2D eigenvalue weighted by Crippen LogP contribution is 2.26. The lowest BCUT2D eigenvalue weighted by Crippen LogP contribution is -2.07. The summed E-state index contributed by atoms with van der Waals surface area (Å²) >= 11 is 0. The molecule has 22 heavy (non-hydrogen) atoms. The summed E-state index contributed by atoms with van der Waals surface area (Å²) in [5.74, 6) is 0. The number of rotatable bonds is 3. The van der Waals surface area contributed by atoms with E-state index in [4.69, 9.17) is 4.52 Å². The van der Waals surface area contributed by atoms with Crippen LogP contribution in [0.15, 0.2) is 65.9 Å². The van der Waals surface area contributed by atoms with Crippen LogP contribution in [0.5, 0.6) is 0 Å². The standard InChI is InChI=1S/C17H14N4O/c1-12(15-4-2-3-6-18-15)21-7-5-16-17(21)8-13(9-19-16)14-10-20-22-11-14/h2-12H,1H3. The molecule has 108 valence electrons. The van der Waals surface area contributed by atoms with Crippen molar-refractivity contribution in [3.05, 3.63) is 67.1 Å². The molecule has 4 rings (SSSR count). The second kappa shape index (κ2) is 5.11. The van der Waals surface area contributed by atoms with Crippen molar-refractivity contribution in [1.82, 2.24) is 19.7 Å². The van der Waals surface area contributed by atoms with E-state index in [1.54, 1.807) is 12.5 Å². The summed E-state index contributed by atoms with van der Waals surface area (Å²) in [5, 5.41) is 3.75. The number of aromatic nitrogens is 4. The van der Waals surface area contributed by atoms with Gasteiger partial charge in [0.1, 0.15) is 6.26 Å². The van der Waals surface area contributed by atoms with Crippen LogP contribution in [0.2, 0.25) is 0 Å². The summed E-state index contributed by atoms with van der Waals surface area (Å²) in [6.07, 6.45) is 9.02. The maximum atomic E-state index is 4.91. The Hall–Kier alpha value is -2.95. The van der Waals surface area contributed by atoms with E-state index in [2.05, 4.69) is 38.9 Å². The lowest BCUT2D eigenvalue weighted by atomic mass is 10.1. The first kappa shape index (κ1) is 12.8. The van der Waals surface area contributed by atoms with Gasteiger partial charge in [0, 0.05) is 29.7 Å². The molecule has 0 saturated heterocycles. The molecule has 4 heterocycles. The first-order valence-corrected chi connectivity index (χ1v) is 7.10. The van der Waals surface area contributed by atoms with Gasteiger partial charge in [0.15, 0.2) is 0 Å². The second-order valence-electron chi connectivity index (χ2n) is 5.20. The van der Waals surface area contributed by atoms with E-state index in [1.807, 2.05) is 36.7 Å². The molecule has 4 aromatic rings. The molecular weight excluding hydrogens is 276 g/mol. The molecule has 0 aliphatic heterocycles. The first-order valence-electron chi connectivity index (χ1n) is 7.10. The minimum atomic E-state index is 0.137. The Morgan fingerprint density at radius 1 is 1.09 bits per heavy atom. The molecule has 0 aromatic carbocycles. The molecule has 5 nitrogen and oxygen atoms in total. The highest BCUT2D eigenvalue weighted by atomic mass is 16.5. The molecule has 1 unspecified atom stereocenters. The van der Waals surface area contributed by atoms with E-state index >= 15 is 0 Å². The Morgan fingerprint density at radius 2 is 2.05 bits per heavy atom. The molecule has 0 radical (unpaired) electrons. The van der Waals surface area contributed by atoms with Gasteiger partial charge in [-0.2, -0.15) is 0 Å². The third-order valence-electron chi connectivity index (χ3n) is 3.87. The zero-order chi connectivity index (χ0) is 14.9. The van der Waals surface area contributed by atoms with Crippen LogP contribution < -0.4 is 0 Å². The van der Waals surface area contributed by atoms with Crippen molar-refractivity contribution < 1.29 is 4.52 Å². The third-order valence-corrected chi connectivity index (χ3v) is 3.87. The quantitative estimate of drug-likeness (QED) is 0.577. The third kappa shape index (κ3) is 2.07. The van der Waals surface area contributed by atoms with E-state index < -0.39 is 0 Å². The van der Waals surface area contributed by atoms with Gasteiger partial charge >= 0.3 is 0 Å². The summed E-state index contributed by atoms with van der Waals surface area (Å²) in [5.41, 5.74) is 4.96. The Morgan fingerprint density at radius 3 is 2.82 bits per heavy atom. The summed E-state index contributed by atoms with van der Waals surface area (Å²) in [6.45, 7) is 2.13. The van der Waals surface area contributed by atoms with Crippen LogP contribution in [0.25, 0.3) is 22.2 Å². The topological polar surface area (TPSA) is 56.7 Å². The Balaban J connectivity index is 1.83. The zero-order valence-electron chi connectivity index (χ0n) is 12.0. The minimum absolute atomic E-state index is 0.137. The van der Waals surface area contributed by atoms with Crippen molar-refractivity contribution in [3.63, 3.8) is 0 Å². The maximum absolute atomic E-state index is 4.91. The van der Waals surface area contributed by atoms with Crippen LogP contribution in [0, 0.1) is 0 Å². The maximum Gasteiger partial charge on any atom is 0.131 e. The van der Waals surface area contributed by atoms with E-state index in [0.717, 1.165) is 27.9 Å². The van der Waals surface area contributed by atoms with Crippen LogP contribution in [-0.4, -0.2) is 19.7 Å². The van der Waals surface area contributed by atoms with E-state index in [0.29, 0.717) is 0 Å². The van der Waals surface area contributed by atoms with Gasteiger partial charge in [-0.1, -0.05) is 11.2 Å². The average molecular weight is 290 g/mol. The van der Waals surface area contributed by atoms with Gasteiger partial charge in [0.05, 0.1) is 29.0 Å². The molecule has 0 amide bonds. The molecule has 4 aromatic heterocycles. The minimum Gasteiger partial charge on any atom is -0.364 e. The molecule has 0 aliphatic carbocycles. The van der Waals surface area contributed by atoms with Crippen LogP contribution in [0.1, 0.15) is 18.7 Å². The summed E-state index contributed by atoms with van der Waals surface area (Å²) < 4.78 is 7.10. The fraction of sp³-hybridized carbons (Fsp3) is 0.118. The highest BCUT2D eigenvalue weighted by molar-refractivity contribution is 5.81. The number of hydrogen-bond acceptors (Lipinski definition) is 4. The number of pyridine rings is 2. The number of fused-ring (bicyclic) bond motifs is 1. The van der Waals surface area contributed by atoms with Crippen LogP contribution in [0.3, 0.4) is 0 Å². The van der Waals surface area contributed by atoms with E-state index in [-0.39, 0.29) is 6.04 Å². The lowest BCUT2D eigenvalue weighted by Gasteiger charge is -2.14. The van der Waals surface area contributed by atoms with Crippen molar-refractivity contribution in [2.24, 2.45) is 0 Å². The largest absolute Gasteiger partial charge is 0.364 e. The molecular formula is C17H14N4O. The number of hydrogen-bond donors (Lipinski definition) is 0. The Labute approximate surface area is 127 Å². The summed E-state index contributed by atoms with van der Waals surface area (Å²) in [6, 6.07) is 10.2. The highest BCUT2D eigenvalue weighted by Gasteiger charge is 2.13. The van der Waals surface area contributed by atoms with Gasteiger partial charge in [0.25, 0.3) is 0 Å². The second-order valence-corrected chi connectivity index (χ2v) is 5.20. The van der Waals surface area contributed by atoms with Crippen molar-refractivity contribution >= 4 is 11.0 Å². The average Bonchev–Trinajstić information content (AvgIpc) is 3.24. The van der Waals surface area contributed by atoms with Crippen molar-refractivity contribution in [2.45, 2.75) is 13.0 Å². The van der Waals surface area contributed by atoms with Gasteiger partial charge in [-0.25, -0.2) is 0 Å². The zero-order valence-corrected chi connectivity index (χ0v) is 12.0. The summed E-state index contributed by atoms with van der Waals surface area (Å²) in [7, 11) is 0. The Kier molecular flexibility index (Phi) is 2.96. The van der Waals surface area contributed by atoms with E-state index in [1.165, 1.54) is 0 Å². The molecule has 0 N–H and O–H groups in total. The normalized spacial score (nSPS) is 12.6. The SMILES string of the molecule is CC(c1ccccn1)n1ccc2ncc(-c3cnoc3)cc21. The fourth-order valence-electron chi connectivity index (χ4n) is 2.64. The number of nitrogens with zero attached hydrogens (tertiary/aromatic N) is 4. The molecule has 0 fully saturated rings. The predicted molar refractivity (Wildman–Crippen MR) is 83.3 cm³/mol. The molecule has 5 heteroatoms. The smallest absolute Gasteiger partial charge is 0.131 e. The van der Waals surface area contributed by atoms with Crippen LogP contribution in [-0.2, 0) is 0 Å². The molecule has 1 atom stereocenters. The van der Waals surface area contributed by atoms with Crippen LogP contribution >= 0.6 is 0 Å². The molecule has 0 saturated carbocycles. The van der Waals surface area contributed by atoms with Crippen molar-refractivity contribution in [2.75, 3.05) is 0 Å². The van der Waals surface area contributed by atoms with Gasteiger partial charge in [0.2, 0.25) is 0 Å². The molecule has 0 bridgehead atoms. The summed E-state index contributed by atoms with van der Waals surface area (Å²) in [4.78, 5) is 8.97. The fourth-order valence-corrected chi connectivity index (χ4v) is 2.64. The monoisotopic (exact) mass is 290 g/mol. The molecule has 0 spiro atoms. The first-order chi connectivity index (χ1) is 10.8. The van der Waals surface area contributed by atoms with Crippen molar-refractivity contribution in [1.29, 1.82) is 0 Å².